The van der Waals surface area contributed by atoms with E-state index in [4.69, 9.17) is 16.0 Å². The van der Waals surface area contributed by atoms with Crippen LogP contribution < -0.4 is 0 Å². The maximum Gasteiger partial charge on any atom is 0.135 e. The summed E-state index contributed by atoms with van der Waals surface area (Å²) in [6.45, 7) is 0. The van der Waals surface area contributed by atoms with Gasteiger partial charge in [-0.25, -0.2) is 0 Å². The van der Waals surface area contributed by atoms with Crippen molar-refractivity contribution in [2.45, 2.75) is 11.3 Å². The fourth-order valence-corrected chi connectivity index (χ4v) is 3.15. The van der Waals surface area contributed by atoms with E-state index >= 15 is 0 Å². The number of hydrogen-bond donors (Lipinski definition) is 0. The van der Waals surface area contributed by atoms with Crippen molar-refractivity contribution < 1.29 is 4.42 Å². The molecule has 0 fully saturated rings. The number of hydrogen-bond acceptors (Lipinski definition) is 2. The van der Waals surface area contributed by atoms with Gasteiger partial charge in [-0.1, -0.05) is 11.6 Å². The number of halogens is 1. The highest BCUT2D eigenvalue weighted by molar-refractivity contribution is 7.99. The van der Waals surface area contributed by atoms with E-state index in [1.54, 1.807) is 0 Å². The summed E-state index contributed by atoms with van der Waals surface area (Å²) >= 11 is 7.92. The molecule has 3 heteroatoms. The molecule has 0 unspecified atom stereocenters. The fourth-order valence-electron chi connectivity index (χ4n) is 1.72. The summed E-state index contributed by atoms with van der Waals surface area (Å²) in [7, 11) is 0. The van der Waals surface area contributed by atoms with Gasteiger partial charge in [0.25, 0.3) is 0 Å². The first kappa shape index (κ1) is 7.77. The van der Waals surface area contributed by atoms with E-state index in [1.165, 1.54) is 15.8 Å². The van der Waals surface area contributed by atoms with Gasteiger partial charge in [0, 0.05) is 21.6 Å². The standard InChI is InChI=1S/C10H7ClOS/c11-7-1-2-8-9-6(5-12-8)3-4-13-10(7)9/h1-2,5H,3-4H2. The lowest BCUT2D eigenvalue weighted by Gasteiger charge is -2.11. The topological polar surface area (TPSA) is 13.1 Å². The summed E-state index contributed by atoms with van der Waals surface area (Å²) in [5.74, 6) is 1.10. The molecule has 0 radical (unpaired) electrons. The van der Waals surface area contributed by atoms with E-state index in [0.717, 1.165) is 22.8 Å². The Morgan fingerprint density at radius 2 is 2.31 bits per heavy atom. The molecule has 0 saturated heterocycles. The van der Waals surface area contributed by atoms with Gasteiger partial charge in [-0.2, -0.15) is 0 Å². The smallest absolute Gasteiger partial charge is 0.135 e. The highest BCUT2D eigenvalue weighted by atomic mass is 35.5. The number of aryl methyl sites for hydroxylation is 1. The average Bonchev–Trinajstić information content (AvgIpc) is 2.57. The van der Waals surface area contributed by atoms with Crippen LogP contribution in [-0.2, 0) is 6.42 Å². The van der Waals surface area contributed by atoms with Gasteiger partial charge < -0.3 is 4.42 Å². The van der Waals surface area contributed by atoms with Crippen LogP contribution in [0.3, 0.4) is 0 Å². The van der Waals surface area contributed by atoms with Crippen LogP contribution in [0.1, 0.15) is 5.56 Å². The second kappa shape index (κ2) is 2.69. The summed E-state index contributed by atoms with van der Waals surface area (Å²) < 4.78 is 5.44. The first-order valence-electron chi connectivity index (χ1n) is 4.17. The molecule has 0 amide bonds. The number of thioether (sulfide) groups is 1. The number of benzene rings is 1. The molecule has 0 aliphatic carbocycles. The van der Waals surface area contributed by atoms with Crippen molar-refractivity contribution in [3.63, 3.8) is 0 Å². The summed E-state index contributed by atoms with van der Waals surface area (Å²) in [5, 5.41) is 2.07. The predicted octanol–water partition coefficient (Wildman–Crippen LogP) is 3.73. The highest BCUT2D eigenvalue weighted by Crippen LogP contribution is 2.41. The van der Waals surface area contributed by atoms with E-state index in [1.807, 2.05) is 30.2 Å². The molecule has 2 aromatic rings. The molecule has 0 N–H and O–H groups in total. The van der Waals surface area contributed by atoms with Gasteiger partial charge in [0.15, 0.2) is 0 Å². The zero-order valence-electron chi connectivity index (χ0n) is 6.84. The van der Waals surface area contributed by atoms with Crippen molar-refractivity contribution in [3.8, 4) is 0 Å². The molecule has 2 heterocycles. The van der Waals surface area contributed by atoms with E-state index in [9.17, 15) is 0 Å². The van der Waals surface area contributed by atoms with Crippen molar-refractivity contribution in [1.82, 2.24) is 0 Å². The predicted molar refractivity (Wildman–Crippen MR) is 55.7 cm³/mol. The number of furan rings is 1. The molecule has 3 rings (SSSR count). The van der Waals surface area contributed by atoms with Gasteiger partial charge >= 0.3 is 0 Å². The van der Waals surface area contributed by atoms with Gasteiger partial charge in [-0.3, -0.25) is 0 Å². The van der Waals surface area contributed by atoms with E-state index in [2.05, 4.69) is 0 Å². The lowest BCUT2D eigenvalue weighted by atomic mass is 10.1. The summed E-state index contributed by atoms with van der Waals surface area (Å²) in [5.41, 5.74) is 2.26. The van der Waals surface area contributed by atoms with Crippen LogP contribution >= 0.6 is 23.4 Å². The minimum atomic E-state index is 0.847. The zero-order valence-corrected chi connectivity index (χ0v) is 8.41. The van der Waals surface area contributed by atoms with Crippen LogP contribution in [0.4, 0.5) is 0 Å². The van der Waals surface area contributed by atoms with Gasteiger partial charge in [0.2, 0.25) is 0 Å². The molecule has 0 bridgehead atoms. The molecule has 0 atom stereocenters. The van der Waals surface area contributed by atoms with Crippen molar-refractivity contribution in [1.29, 1.82) is 0 Å². The summed E-state index contributed by atoms with van der Waals surface area (Å²) in [6, 6.07) is 3.85. The molecular formula is C10H7ClOS. The Bertz CT molecular complexity index is 475. The van der Waals surface area contributed by atoms with Gasteiger partial charge in [-0.05, 0) is 18.6 Å². The highest BCUT2D eigenvalue weighted by Gasteiger charge is 2.17. The van der Waals surface area contributed by atoms with Gasteiger partial charge in [0.05, 0.1) is 11.3 Å². The SMILES string of the molecule is Clc1ccc2occ3c2c1SCC3. The maximum absolute atomic E-state index is 6.10. The van der Waals surface area contributed by atoms with Gasteiger partial charge in [-0.15, -0.1) is 11.8 Å². The van der Waals surface area contributed by atoms with Crippen LogP contribution in [0.15, 0.2) is 27.7 Å². The first-order valence-corrected chi connectivity index (χ1v) is 5.54. The van der Waals surface area contributed by atoms with Crippen LogP contribution in [0.25, 0.3) is 11.0 Å². The molecule has 0 spiro atoms. The normalized spacial score (nSPS) is 15.2. The maximum atomic E-state index is 6.10. The summed E-state index contributed by atoms with van der Waals surface area (Å²) in [6.07, 6.45) is 2.94. The molecule has 1 aliphatic heterocycles. The van der Waals surface area contributed by atoms with Gasteiger partial charge in [0.1, 0.15) is 5.58 Å². The molecule has 66 valence electrons. The average molecular weight is 211 g/mol. The molecule has 1 aromatic carbocycles. The molecule has 13 heavy (non-hydrogen) atoms. The Balaban J connectivity index is 2.50. The fraction of sp³-hybridized carbons (Fsp3) is 0.200. The first-order chi connectivity index (χ1) is 6.36. The van der Waals surface area contributed by atoms with E-state index in [-0.39, 0.29) is 0 Å². The van der Waals surface area contributed by atoms with Crippen molar-refractivity contribution in [2.75, 3.05) is 5.75 Å². The monoisotopic (exact) mass is 210 g/mol. The van der Waals surface area contributed by atoms with Crippen LogP contribution in [0.2, 0.25) is 5.02 Å². The largest absolute Gasteiger partial charge is 0.464 e. The van der Waals surface area contributed by atoms with Crippen molar-refractivity contribution in [2.24, 2.45) is 0 Å². The third kappa shape index (κ3) is 1.02. The lowest BCUT2D eigenvalue weighted by molar-refractivity contribution is 0.611. The minimum absolute atomic E-state index is 0.847. The Kier molecular flexibility index (Phi) is 1.61. The molecular weight excluding hydrogens is 204 g/mol. The zero-order chi connectivity index (χ0) is 8.84. The third-order valence-corrected chi connectivity index (χ3v) is 3.89. The van der Waals surface area contributed by atoms with Crippen LogP contribution in [0.5, 0.6) is 0 Å². The number of rotatable bonds is 0. The summed E-state index contributed by atoms with van der Waals surface area (Å²) in [4.78, 5) is 1.19. The second-order valence-corrected chi connectivity index (χ2v) is 4.62. The van der Waals surface area contributed by atoms with E-state index < -0.39 is 0 Å². The van der Waals surface area contributed by atoms with Crippen molar-refractivity contribution >= 4 is 34.3 Å². The molecule has 1 nitrogen and oxygen atoms in total. The second-order valence-electron chi connectivity index (χ2n) is 3.11. The Morgan fingerprint density at radius 1 is 1.38 bits per heavy atom. The quantitative estimate of drug-likeness (QED) is 0.657. The third-order valence-electron chi connectivity index (χ3n) is 2.34. The molecule has 1 aliphatic rings. The Labute approximate surface area is 85.1 Å². The Morgan fingerprint density at radius 3 is 3.23 bits per heavy atom. The van der Waals surface area contributed by atoms with Crippen LogP contribution in [-0.4, -0.2) is 5.75 Å². The van der Waals surface area contributed by atoms with Crippen molar-refractivity contribution in [3.05, 3.63) is 29.0 Å². The molecule has 1 aromatic heterocycles. The van der Waals surface area contributed by atoms with Crippen LogP contribution in [0, 0.1) is 0 Å². The molecule has 0 saturated carbocycles. The Hall–Kier alpha value is -0.600. The van der Waals surface area contributed by atoms with E-state index in [0.29, 0.717) is 0 Å². The lowest BCUT2D eigenvalue weighted by Crippen LogP contribution is -1.94. The minimum Gasteiger partial charge on any atom is -0.464 e.